The lowest BCUT2D eigenvalue weighted by Gasteiger charge is -2.47. The number of carbonyl (C=O) groups is 3. The largest absolute Gasteiger partial charge is 0.573 e. The zero-order chi connectivity index (χ0) is 33.0. The fourth-order valence-electron chi connectivity index (χ4n) is 6.46. The number of ether oxygens (including phenoxy) is 1. The minimum Gasteiger partial charge on any atom is -0.481 e. The summed E-state index contributed by atoms with van der Waals surface area (Å²) in [6.07, 6.45) is 0.203. The fourth-order valence-corrected chi connectivity index (χ4v) is 6.46. The van der Waals surface area contributed by atoms with Gasteiger partial charge in [0.15, 0.2) is 0 Å². The SMILES string of the molecule is CCCC[C@H](c1ccc(C(=O)NCCC(=O)O)cc1)N1C(=O)C(c2cccc(OC(F)(F)F)c2)=NC12CCC(C(C)(C)C)CC2. The van der Waals surface area contributed by atoms with E-state index < -0.39 is 29.7 Å². The molecule has 4 rings (SSSR count). The first-order valence-electron chi connectivity index (χ1n) is 15.5. The number of aliphatic carboxylic acids is 1. The van der Waals surface area contributed by atoms with Crippen LogP contribution in [0.1, 0.15) is 107 Å². The van der Waals surface area contributed by atoms with E-state index >= 15 is 0 Å². The van der Waals surface area contributed by atoms with E-state index in [-0.39, 0.29) is 41.6 Å². The summed E-state index contributed by atoms with van der Waals surface area (Å²) in [4.78, 5) is 44.7. The normalized spacial score (nSPS) is 21.0. The molecule has 45 heavy (non-hydrogen) atoms. The molecule has 1 aliphatic heterocycles. The third kappa shape index (κ3) is 8.23. The standard InChI is InChI=1S/C34H42F3N3O5/c1-5-6-10-27(22-11-13-23(14-12-22)30(43)38-20-17-28(41)42)40-31(44)29(24-8-7-9-26(21-24)45-34(35,36)37)39-33(40)18-15-25(16-19-33)32(2,3)4/h7-9,11-14,21,25,27H,5-6,10,15-20H2,1-4H3,(H,38,43)(H,41,42)/t25?,27-,33?/m1/s1. The van der Waals surface area contributed by atoms with Crippen LogP contribution in [0.3, 0.4) is 0 Å². The van der Waals surface area contributed by atoms with Gasteiger partial charge in [-0.1, -0.05) is 64.8 Å². The Hall–Kier alpha value is -3.89. The number of aliphatic imine (C=N–C) groups is 1. The number of rotatable bonds is 11. The molecule has 2 aliphatic rings. The summed E-state index contributed by atoms with van der Waals surface area (Å²) in [5.74, 6) is -1.74. The number of carboxylic acids is 1. The van der Waals surface area contributed by atoms with Crippen molar-refractivity contribution in [1.82, 2.24) is 10.2 Å². The molecular weight excluding hydrogens is 587 g/mol. The van der Waals surface area contributed by atoms with Gasteiger partial charge >= 0.3 is 12.3 Å². The van der Waals surface area contributed by atoms with Crippen molar-refractivity contribution in [2.24, 2.45) is 16.3 Å². The molecule has 1 atom stereocenters. The molecule has 1 fully saturated rings. The minimum atomic E-state index is -4.87. The maximum atomic E-state index is 14.4. The highest BCUT2D eigenvalue weighted by molar-refractivity contribution is 6.46. The molecule has 1 heterocycles. The van der Waals surface area contributed by atoms with E-state index in [0.29, 0.717) is 30.7 Å². The Balaban J connectivity index is 1.71. The lowest BCUT2D eigenvalue weighted by atomic mass is 9.69. The predicted molar refractivity (Wildman–Crippen MR) is 164 cm³/mol. The number of nitrogens with one attached hydrogen (secondary N) is 1. The number of benzene rings is 2. The lowest BCUT2D eigenvalue weighted by molar-refractivity contribution is -0.274. The van der Waals surface area contributed by atoms with Crippen molar-refractivity contribution >= 4 is 23.5 Å². The van der Waals surface area contributed by atoms with Crippen molar-refractivity contribution in [1.29, 1.82) is 0 Å². The summed E-state index contributed by atoms with van der Waals surface area (Å²) < 4.78 is 43.2. The maximum Gasteiger partial charge on any atom is 0.573 e. The van der Waals surface area contributed by atoms with Crippen LogP contribution in [0.5, 0.6) is 5.75 Å². The van der Waals surface area contributed by atoms with E-state index in [1.165, 1.54) is 18.2 Å². The smallest absolute Gasteiger partial charge is 0.481 e. The van der Waals surface area contributed by atoms with Crippen molar-refractivity contribution < 1.29 is 37.4 Å². The number of nitrogens with zero attached hydrogens (tertiary/aromatic N) is 2. The second-order valence-corrected chi connectivity index (χ2v) is 13.0. The highest BCUT2D eigenvalue weighted by Gasteiger charge is 2.52. The molecule has 2 N–H and O–H groups in total. The van der Waals surface area contributed by atoms with Gasteiger partial charge in [0, 0.05) is 17.7 Å². The number of alkyl halides is 3. The molecule has 8 nitrogen and oxygen atoms in total. The van der Waals surface area contributed by atoms with E-state index in [2.05, 4.69) is 37.7 Å². The number of halogens is 3. The highest BCUT2D eigenvalue weighted by Crippen LogP contribution is 2.50. The summed E-state index contributed by atoms with van der Waals surface area (Å²) in [5, 5.41) is 11.5. The first kappa shape index (κ1) is 34.0. The average molecular weight is 630 g/mol. The van der Waals surface area contributed by atoms with Gasteiger partial charge in [-0.2, -0.15) is 0 Å². The van der Waals surface area contributed by atoms with Gasteiger partial charge in [-0.25, -0.2) is 0 Å². The van der Waals surface area contributed by atoms with Crippen molar-refractivity contribution in [3.05, 3.63) is 65.2 Å². The quantitative estimate of drug-likeness (QED) is 0.272. The van der Waals surface area contributed by atoms with Gasteiger partial charge in [0.05, 0.1) is 12.5 Å². The van der Waals surface area contributed by atoms with Crippen LogP contribution in [0.2, 0.25) is 0 Å². The van der Waals surface area contributed by atoms with Crippen LogP contribution in [-0.2, 0) is 9.59 Å². The van der Waals surface area contributed by atoms with Gasteiger partial charge in [0.2, 0.25) is 0 Å². The number of carbonyl (C=O) groups excluding carboxylic acids is 2. The van der Waals surface area contributed by atoms with E-state index in [1.807, 2.05) is 17.0 Å². The molecule has 1 spiro atoms. The molecule has 0 saturated heterocycles. The van der Waals surface area contributed by atoms with Crippen LogP contribution >= 0.6 is 0 Å². The van der Waals surface area contributed by atoms with Crippen LogP contribution in [0.15, 0.2) is 53.5 Å². The highest BCUT2D eigenvalue weighted by atomic mass is 19.4. The summed E-state index contributed by atoms with van der Waals surface area (Å²) in [7, 11) is 0. The van der Waals surface area contributed by atoms with E-state index in [0.717, 1.165) is 31.2 Å². The number of hydrogen-bond donors (Lipinski definition) is 2. The topological polar surface area (TPSA) is 108 Å². The molecule has 2 aromatic carbocycles. The van der Waals surface area contributed by atoms with E-state index in [1.54, 1.807) is 18.2 Å². The Morgan fingerprint density at radius 1 is 1.11 bits per heavy atom. The number of unbranched alkanes of at least 4 members (excludes halogenated alkanes) is 1. The number of hydrogen-bond acceptors (Lipinski definition) is 5. The first-order chi connectivity index (χ1) is 21.1. The molecule has 2 aromatic rings. The fraction of sp³-hybridized carbons (Fsp3) is 0.529. The van der Waals surface area contributed by atoms with Gasteiger partial charge in [-0.05, 0) is 73.3 Å². The summed E-state index contributed by atoms with van der Waals surface area (Å²) in [5.41, 5.74) is 0.789. The van der Waals surface area contributed by atoms with E-state index in [4.69, 9.17) is 10.1 Å². The molecule has 0 aromatic heterocycles. The Labute approximate surface area is 262 Å². The number of carboxylic acid groups (broad SMARTS) is 1. The zero-order valence-electron chi connectivity index (χ0n) is 26.2. The first-order valence-corrected chi connectivity index (χ1v) is 15.5. The monoisotopic (exact) mass is 629 g/mol. The molecule has 2 amide bonds. The van der Waals surface area contributed by atoms with E-state index in [9.17, 15) is 27.6 Å². The van der Waals surface area contributed by atoms with Crippen LogP contribution in [0, 0.1) is 11.3 Å². The molecule has 0 unspecified atom stereocenters. The van der Waals surface area contributed by atoms with Crippen LogP contribution in [-0.4, -0.2) is 52.1 Å². The Morgan fingerprint density at radius 2 is 1.78 bits per heavy atom. The maximum absolute atomic E-state index is 14.4. The zero-order valence-corrected chi connectivity index (χ0v) is 26.2. The average Bonchev–Trinajstić information content (AvgIpc) is 3.23. The predicted octanol–water partition coefficient (Wildman–Crippen LogP) is 7.29. The van der Waals surface area contributed by atoms with Gasteiger partial charge < -0.3 is 20.1 Å². The summed E-state index contributed by atoms with van der Waals surface area (Å²) in [6.45, 7) is 8.68. The van der Waals surface area contributed by atoms with Gasteiger partial charge in [0.25, 0.3) is 11.8 Å². The summed E-state index contributed by atoms with van der Waals surface area (Å²) in [6, 6.07) is 12.0. The van der Waals surface area contributed by atoms with Crippen molar-refractivity contribution in [2.45, 2.75) is 97.1 Å². The minimum absolute atomic E-state index is 0.00469. The molecule has 0 bridgehead atoms. The molecule has 0 radical (unpaired) electrons. The molecule has 1 saturated carbocycles. The van der Waals surface area contributed by atoms with Crippen molar-refractivity contribution in [3.8, 4) is 5.75 Å². The Morgan fingerprint density at radius 3 is 2.36 bits per heavy atom. The van der Waals surface area contributed by atoms with Gasteiger partial charge in [-0.15, -0.1) is 13.2 Å². The van der Waals surface area contributed by atoms with Gasteiger partial charge in [-0.3, -0.25) is 19.4 Å². The number of amides is 2. The second kappa shape index (κ2) is 13.6. The third-order valence-corrected chi connectivity index (χ3v) is 8.87. The molecule has 244 valence electrons. The second-order valence-electron chi connectivity index (χ2n) is 13.0. The lowest BCUT2D eigenvalue weighted by Crippen LogP contribution is -2.51. The van der Waals surface area contributed by atoms with Crippen molar-refractivity contribution in [2.75, 3.05) is 6.54 Å². The molecular formula is C34H42F3N3O5. The Kier molecular flexibility index (Phi) is 10.3. The van der Waals surface area contributed by atoms with Crippen LogP contribution in [0.4, 0.5) is 13.2 Å². The van der Waals surface area contributed by atoms with Crippen LogP contribution < -0.4 is 10.1 Å². The Bertz CT molecular complexity index is 1410. The summed E-state index contributed by atoms with van der Waals surface area (Å²) >= 11 is 0. The van der Waals surface area contributed by atoms with Gasteiger partial charge in [0.1, 0.15) is 17.1 Å². The van der Waals surface area contributed by atoms with Crippen LogP contribution in [0.25, 0.3) is 0 Å². The molecule has 1 aliphatic carbocycles. The van der Waals surface area contributed by atoms with Crippen molar-refractivity contribution in [3.63, 3.8) is 0 Å². The third-order valence-electron chi connectivity index (χ3n) is 8.87. The molecule has 11 heteroatoms.